The maximum absolute atomic E-state index is 11.9. The largest absolute Gasteiger partial charge is 0.414 e. The highest BCUT2D eigenvalue weighted by atomic mass is 32.2. The second-order valence-electron chi connectivity index (χ2n) is 5.95. The van der Waals surface area contributed by atoms with Crippen molar-refractivity contribution in [3.05, 3.63) is 0 Å². The van der Waals surface area contributed by atoms with Crippen molar-refractivity contribution in [1.29, 1.82) is 0 Å². The van der Waals surface area contributed by atoms with Gasteiger partial charge in [-0.3, -0.25) is 9.59 Å². The van der Waals surface area contributed by atoms with Gasteiger partial charge in [0.2, 0.25) is 11.0 Å². The first-order chi connectivity index (χ1) is 8.79. The molecule has 0 unspecified atom stereocenters. The molecule has 4 atom stereocenters. The summed E-state index contributed by atoms with van der Waals surface area (Å²) in [5, 5.41) is 3.00. The molecule has 0 bridgehead atoms. The van der Waals surface area contributed by atoms with E-state index in [-0.39, 0.29) is 34.3 Å². The van der Waals surface area contributed by atoms with Crippen molar-refractivity contribution in [2.24, 2.45) is 5.92 Å². The van der Waals surface area contributed by atoms with Gasteiger partial charge in [-0.1, -0.05) is 11.8 Å². The maximum atomic E-state index is 11.9. The Kier molecular flexibility index (Phi) is 4.70. The molecule has 1 amide bonds. The molecule has 0 spiro atoms. The van der Waals surface area contributed by atoms with Gasteiger partial charge >= 0.3 is 0 Å². The van der Waals surface area contributed by atoms with E-state index in [2.05, 4.69) is 25.0 Å². The number of thioether (sulfide) groups is 2. The van der Waals surface area contributed by atoms with E-state index < -0.39 is 8.32 Å². The molecule has 0 aromatic carbocycles. The minimum Gasteiger partial charge on any atom is -0.414 e. The SMILES string of the molecule is C[C@@H](O[Si](C)(C)C)[C@H]1C(=O)N[C@@H]1[C@@H]1SCCSC1=O. The third-order valence-electron chi connectivity index (χ3n) is 3.23. The van der Waals surface area contributed by atoms with Gasteiger partial charge in [0.15, 0.2) is 8.32 Å². The first kappa shape index (κ1) is 15.4. The van der Waals surface area contributed by atoms with E-state index in [1.54, 1.807) is 11.8 Å². The van der Waals surface area contributed by atoms with Gasteiger partial charge in [0.1, 0.15) is 0 Å². The summed E-state index contributed by atoms with van der Waals surface area (Å²) in [7, 11) is -1.67. The lowest BCUT2D eigenvalue weighted by Gasteiger charge is -2.45. The van der Waals surface area contributed by atoms with Crippen LogP contribution in [0, 0.1) is 5.92 Å². The molecule has 19 heavy (non-hydrogen) atoms. The van der Waals surface area contributed by atoms with Gasteiger partial charge in [-0.25, -0.2) is 0 Å². The summed E-state index contributed by atoms with van der Waals surface area (Å²) in [6.07, 6.45) is -0.106. The number of carbonyl (C=O) groups is 2. The lowest BCUT2D eigenvalue weighted by atomic mass is 9.84. The van der Waals surface area contributed by atoms with Gasteiger partial charge in [-0.15, -0.1) is 11.8 Å². The predicted octanol–water partition coefficient (Wildman–Crippen LogP) is 1.72. The van der Waals surface area contributed by atoms with Crippen LogP contribution in [0.5, 0.6) is 0 Å². The number of β-lactam (4-membered cyclic amide) rings is 1. The zero-order valence-electron chi connectivity index (χ0n) is 11.8. The number of rotatable bonds is 4. The molecule has 0 aromatic rings. The predicted molar refractivity (Wildman–Crippen MR) is 83.0 cm³/mol. The van der Waals surface area contributed by atoms with E-state index >= 15 is 0 Å². The Hall–Kier alpha value is 0.0169. The highest BCUT2D eigenvalue weighted by Gasteiger charge is 2.50. The molecule has 0 aromatic heterocycles. The first-order valence-electron chi connectivity index (χ1n) is 6.56. The summed E-state index contributed by atoms with van der Waals surface area (Å²) in [5.41, 5.74) is 0. The average molecular weight is 320 g/mol. The van der Waals surface area contributed by atoms with Crippen molar-refractivity contribution in [3.8, 4) is 0 Å². The van der Waals surface area contributed by atoms with E-state index in [0.29, 0.717) is 0 Å². The number of carbonyl (C=O) groups excluding carboxylic acids is 2. The lowest BCUT2D eigenvalue weighted by molar-refractivity contribution is -0.140. The third-order valence-corrected chi connectivity index (χ3v) is 6.97. The quantitative estimate of drug-likeness (QED) is 0.631. The number of hydrogen-bond donors (Lipinski definition) is 1. The smallest absolute Gasteiger partial charge is 0.228 e. The molecule has 1 N–H and O–H groups in total. The van der Waals surface area contributed by atoms with Gasteiger partial charge in [0, 0.05) is 11.5 Å². The van der Waals surface area contributed by atoms with E-state index in [1.165, 1.54) is 11.8 Å². The Balaban J connectivity index is 2.02. The normalized spacial score (nSPS) is 33.6. The van der Waals surface area contributed by atoms with E-state index in [9.17, 15) is 9.59 Å². The second-order valence-corrected chi connectivity index (χ2v) is 12.8. The summed E-state index contributed by atoms with van der Waals surface area (Å²) < 4.78 is 6.02. The fourth-order valence-corrected chi connectivity index (χ4v) is 6.27. The Morgan fingerprint density at radius 3 is 2.53 bits per heavy atom. The molecule has 2 saturated heterocycles. The van der Waals surface area contributed by atoms with Gasteiger partial charge in [0.25, 0.3) is 0 Å². The number of hydrogen-bond acceptors (Lipinski definition) is 5. The van der Waals surface area contributed by atoms with Gasteiger partial charge < -0.3 is 9.74 Å². The van der Waals surface area contributed by atoms with Gasteiger partial charge in [0.05, 0.1) is 23.3 Å². The lowest BCUT2D eigenvalue weighted by Crippen LogP contribution is -2.68. The van der Waals surface area contributed by atoms with Crippen molar-refractivity contribution in [1.82, 2.24) is 5.32 Å². The number of nitrogens with one attached hydrogen (secondary N) is 1. The van der Waals surface area contributed by atoms with Crippen molar-refractivity contribution in [3.63, 3.8) is 0 Å². The molecular formula is C12H21NO3S2Si. The van der Waals surface area contributed by atoms with Crippen LogP contribution < -0.4 is 5.32 Å². The Labute approximate surface area is 123 Å². The van der Waals surface area contributed by atoms with Crippen LogP contribution in [-0.2, 0) is 14.0 Å². The summed E-state index contributed by atoms with van der Waals surface area (Å²) >= 11 is 3.06. The average Bonchev–Trinajstić information content (AvgIpc) is 2.24. The summed E-state index contributed by atoms with van der Waals surface area (Å²) in [5.74, 6) is 1.71. The highest BCUT2D eigenvalue weighted by molar-refractivity contribution is 8.18. The van der Waals surface area contributed by atoms with Crippen LogP contribution in [0.25, 0.3) is 0 Å². The standard InChI is InChI=1S/C12H21NO3S2Si/c1-7(16-19(2,3)4)8-9(13-11(8)14)10-12(15)18-6-5-17-10/h7-10H,5-6H2,1-4H3,(H,13,14)/t7-,8-,9+,10+/m1/s1. The summed E-state index contributed by atoms with van der Waals surface area (Å²) in [6, 6.07) is -0.0517. The highest BCUT2D eigenvalue weighted by Crippen LogP contribution is 2.36. The minimum atomic E-state index is -1.67. The van der Waals surface area contributed by atoms with Crippen LogP contribution in [0.2, 0.25) is 19.6 Å². The first-order valence-corrected chi connectivity index (χ1v) is 12.0. The molecule has 7 heteroatoms. The van der Waals surface area contributed by atoms with E-state index in [4.69, 9.17) is 4.43 Å². The van der Waals surface area contributed by atoms with Gasteiger partial charge in [-0.2, -0.15) is 0 Å². The van der Waals surface area contributed by atoms with Crippen molar-refractivity contribution < 1.29 is 14.0 Å². The summed E-state index contributed by atoms with van der Waals surface area (Å²) in [6.45, 7) is 8.31. The Morgan fingerprint density at radius 1 is 1.32 bits per heavy atom. The maximum Gasteiger partial charge on any atom is 0.228 e. The Bertz CT molecular complexity index is 386. The monoisotopic (exact) mass is 319 g/mol. The molecule has 2 fully saturated rings. The topological polar surface area (TPSA) is 55.4 Å². The fourth-order valence-electron chi connectivity index (χ4n) is 2.54. The molecule has 0 aliphatic carbocycles. The van der Waals surface area contributed by atoms with Crippen LogP contribution in [0.1, 0.15) is 6.92 Å². The van der Waals surface area contributed by atoms with Crippen LogP contribution in [0.15, 0.2) is 0 Å². The van der Waals surface area contributed by atoms with Crippen LogP contribution in [0.3, 0.4) is 0 Å². The number of amides is 1. The molecule has 2 rings (SSSR count). The zero-order chi connectivity index (χ0) is 14.2. The van der Waals surface area contributed by atoms with Gasteiger partial charge in [-0.05, 0) is 26.6 Å². The van der Waals surface area contributed by atoms with Crippen molar-refractivity contribution >= 4 is 42.9 Å². The minimum absolute atomic E-state index is 0.0275. The molecule has 0 saturated carbocycles. The van der Waals surface area contributed by atoms with E-state index in [1.807, 2.05) is 6.92 Å². The molecular weight excluding hydrogens is 298 g/mol. The summed E-state index contributed by atoms with van der Waals surface area (Å²) in [4.78, 5) is 23.8. The van der Waals surface area contributed by atoms with E-state index in [0.717, 1.165) is 11.5 Å². The van der Waals surface area contributed by atoms with Crippen molar-refractivity contribution in [2.45, 2.75) is 44.0 Å². The van der Waals surface area contributed by atoms with Crippen molar-refractivity contribution in [2.75, 3.05) is 11.5 Å². The zero-order valence-corrected chi connectivity index (χ0v) is 14.4. The molecule has 108 valence electrons. The molecule has 4 nitrogen and oxygen atoms in total. The fraction of sp³-hybridized carbons (Fsp3) is 0.833. The Morgan fingerprint density at radius 2 is 2.00 bits per heavy atom. The van der Waals surface area contributed by atoms with Crippen LogP contribution >= 0.6 is 23.5 Å². The third kappa shape index (κ3) is 3.56. The van der Waals surface area contributed by atoms with Crippen LogP contribution in [0.4, 0.5) is 0 Å². The molecule has 0 radical (unpaired) electrons. The second kappa shape index (κ2) is 5.79. The molecule has 2 aliphatic heterocycles. The van der Waals surface area contributed by atoms with Crippen LogP contribution in [-0.4, -0.2) is 48.2 Å². The molecule has 2 heterocycles. The molecule has 2 aliphatic rings.